The molecule has 1 rings (SSSR count). The quantitative estimate of drug-likeness (QED) is 0.824. The molecule has 1 aromatic rings. The van der Waals surface area contributed by atoms with Crippen LogP contribution in [-0.4, -0.2) is 19.2 Å². The molecule has 0 radical (unpaired) electrons. The third-order valence-corrected chi connectivity index (χ3v) is 3.16. The Kier molecular flexibility index (Phi) is 3.46. The molecule has 0 fully saturated rings. The largest absolute Gasteiger partial charge is 0.282 e. The Morgan fingerprint density at radius 2 is 2.07 bits per heavy atom. The van der Waals surface area contributed by atoms with Gasteiger partial charge in [-0.1, -0.05) is 6.92 Å². The van der Waals surface area contributed by atoms with Crippen molar-refractivity contribution in [2.45, 2.75) is 20.3 Å². The minimum absolute atomic E-state index is 0.0728. The Hall–Kier alpha value is -1.10. The van der Waals surface area contributed by atoms with Crippen LogP contribution in [-0.2, 0) is 16.4 Å². The number of anilines is 1. The summed E-state index contributed by atoms with van der Waals surface area (Å²) in [7, 11) is -3.19. The summed E-state index contributed by atoms with van der Waals surface area (Å²) < 4.78 is 24.9. The van der Waals surface area contributed by atoms with Crippen LogP contribution in [0.1, 0.15) is 19.4 Å². The zero-order valence-electron chi connectivity index (χ0n) is 8.32. The summed E-state index contributed by atoms with van der Waals surface area (Å²) in [5.74, 6) is 0.0728. The molecule has 1 heterocycles. The van der Waals surface area contributed by atoms with Gasteiger partial charge in [0.2, 0.25) is 10.0 Å². The first-order valence-corrected chi connectivity index (χ1v) is 6.17. The van der Waals surface area contributed by atoms with Gasteiger partial charge in [0, 0.05) is 6.20 Å². The smallest absolute Gasteiger partial charge is 0.232 e. The first-order chi connectivity index (χ1) is 6.57. The maximum absolute atomic E-state index is 11.2. The van der Waals surface area contributed by atoms with Crippen LogP contribution in [0.2, 0.25) is 0 Å². The van der Waals surface area contributed by atoms with Gasteiger partial charge in [0.1, 0.15) is 0 Å². The van der Waals surface area contributed by atoms with Gasteiger partial charge in [0.05, 0.1) is 17.6 Å². The topological polar surface area (TPSA) is 59.1 Å². The molecular formula is C9H14N2O2S. The highest BCUT2D eigenvalue weighted by Crippen LogP contribution is 2.10. The van der Waals surface area contributed by atoms with E-state index in [0.717, 1.165) is 12.0 Å². The summed E-state index contributed by atoms with van der Waals surface area (Å²) in [6, 6.07) is 1.79. The molecule has 4 nitrogen and oxygen atoms in total. The Morgan fingerprint density at radius 3 is 2.64 bits per heavy atom. The standard InChI is InChI=1S/C9H14N2O2S/c1-3-8-5-9(7-10-6-8)11-14(12,13)4-2/h5-7,11H,3-4H2,1-2H3. The van der Waals surface area contributed by atoms with Gasteiger partial charge >= 0.3 is 0 Å². The van der Waals surface area contributed by atoms with Crippen LogP contribution in [0.5, 0.6) is 0 Å². The van der Waals surface area contributed by atoms with E-state index in [-0.39, 0.29) is 5.75 Å². The predicted molar refractivity (Wildman–Crippen MR) is 56.7 cm³/mol. The van der Waals surface area contributed by atoms with E-state index in [0.29, 0.717) is 5.69 Å². The highest BCUT2D eigenvalue weighted by atomic mass is 32.2. The first-order valence-electron chi connectivity index (χ1n) is 4.51. The molecule has 14 heavy (non-hydrogen) atoms. The molecule has 0 amide bonds. The molecule has 5 heteroatoms. The van der Waals surface area contributed by atoms with Crippen LogP contribution in [0.4, 0.5) is 5.69 Å². The van der Waals surface area contributed by atoms with Crippen molar-refractivity contribution in [3.63, 3.8) is 0 Å². The van der Waals surface area contributed by atoms with Crippen LogP contribution in [0, 0.1) is 0 Å². The number of hydrogen-bond acceptors (Lipinski definition) is 3. The number of aryl methyl sites for hydroxylation is 1. The van der Waals surface area contributed by atoms with Gasteiger partial charge in [0.25, 0.3) is 0 Å². The number of pyridine rings is 1. The van der Waals surface area contributed by atoms with E-state index in [2.05, 4.69) is 9.71 Å². The molecule has 0 unspecified atom stereocenters. The van der Waals surface area contributed by atoms with Crippen molar-refractivity contribution in [3.05, 3.63) is 24.0 Å². The lowest BCUT2D eigenvalue weighted by atomic mass is 10.2. The van der Waals surface area contributed by atoms with E-state index in [1.165, 1.54) is 6.20 Å². The Labute approximate surface area is 84.4 Å². The molecule has 1 N–H and O–H groups in total. The van der Waals surface area contributed by atoms with Crippen molar-refractivity contribution in [1.82, 2.24) is 4.98 Å². The fourth-order valence-electron chi connectivity index (χ4n) is 0.988. The van der Waals surface area contributed by atoms with Crippen molar-refractivity contribution in [2.24, 2.45) is 0 Å². The van der Waals surface area contributed by atoms with Gasteiger partial charge in [-0.15, -0.1) is 0 Å². The Morgan fingerprint density at radius 1 is 1.36 bits per heavy atom. The summed E-state index contributed by atoms with van der Waals surface area (Å²) in [5, 5.41) is 0. The minimum Gasteiger partial charge on any atom is -0.282 e. The van der Waals surface area contributed by atoms with Crippen molar-refractivity contribution in [1.29, 1.82) is 0 Å². The van der Waals surface area contributed by atoms with Crippen molar-refractivity contribution in [2.75, 3.05) is 10.5 Å². The third-order valence-electron chi connectivity index (χ3n) is 1.86. The second-order valence-corrected chi connectivity index (χ2v) is 4.95. The van der Waals surface area contributed by atoms with Crippen LogP contribution in [0.3, 0.4) is 0 Å². The molecule has 0 atom stereocenters. The average Bonchev–Trinajstić information content (AvgIpc) is 2.17. The summed E-state index contributed by atoms with van der Waals surface area (Å²) >= 11 is 0. The summed E-state index contributed by atoms with van der Waals surface area (Å²) in [6.07, 6.45) is 4.07. The normalized spacial score (nSPS) is 11.3. The third kappa shape index (κ3) is 2.99. The molecule has 0 aliphatic carbocycles. The van der Waals surface area contributed by atoms with Crippen LogP contribution >= 0.6 is 0 Å². The Bertz CT molecular complexity index is 401. The van der Waals surface area contributed by atoms with Crippen LogP contribution < -0.4 is 4.72 Å². The minimum atomic E-state index is -3.19. The molecular weight excluding hydrogens is 200 g/mol. The molecule has 0 saturated carbocycles. The second kappa shape index (κ2) is 4.41. The van der Waals surface area contributed by atoms with Gasteiger partial charge < -0.3 is 0 Å². The van der Waals surface area contributed by atoms with E-state index in [9.17, 15) is 8.42 Å². The molecule has 0 aliphatic rings. The predicted octanol–water partition coefficient (Wildman–Crippen LogP) is 1.41. The van der Waals surface area contributed by atoms with Gasteiger partial charge in [-0.3, -0.25) is 9.71 Å². The number of nitrogens with one attached hydrogen (secondary N) is 1. The van der Waals surface area contributed by atoms with E-state index in [4.69, 9.17) is 0 Å². The second-order valence-electron chi connectivity index (χ2n) is 2.94. The van der Waals surface area contributed by atoms with Crippen LogP contribution in [0.15, 0.2) is 18.5 Å². The van der Waals surface area contributed by atoms with Crippen LogP contribution in [0.25, 0.3) is 0 Å². The first kappa shape index (κ1) is 11.0. The zero-order chi connectivity index (χ0) is 10.6. The lowest BCUT2D eigenvalue weighted by Gasteiger charge is -2.06. The lowest BCUT2D eigenvalue weighted by Crippen LogP contribution is -2.14. The van der Waals surface area contributed by atoms with Gasteiger partial charge in [0.15, 0.2) is 0 Å². The van der Waals surface area contributed by atoms with Gasteiger partial charge in [-0.2, -0.15) is 0 Å². The SMILES string of the molecule is CCc1cncc(NS(=O)(=O)CC)c1. The average molecular weight is 214 g/mol. The Balaban J connectivity index is 2.87. The maximum Gasteiger partial charge on any atom is 0.232 e. The molecule has 0 spiro atoms. The van der Waals surface area contributed by atoms with Crippen molar-refractivity contribution in [3.8, 4) is 0 Å². The number of aromatic nitrogens is 1. The molecule has 1 aromatic heterocycles. The van der Waals surface area contributed by atoms with E-state index >= 15 is 0 Å². The maximum atomic E-state index is 11.2. The van der Waals surface area contributed by atoms with Gasteiger partial charge in [-0.25, -0.2) is 8.42 Å². The molecule has 0 bridgehead atoms. The highest BCUT2D eigenvalue weighted by molar-refractivity contribution is 7.92. The molecule has 0 aromatic carbocycles. The van der Waals surface area contributed by atoms with Crippen molar-refractivity contribution < 1.29 is 8.42 Å². The zero-order valence-corrected chi connectivity index (χ0v) is 9.13. The lowest BCUT2D eigenvalue weighted by molar-refractivity contribution is 0.602. The molecule has 0 saturated heterocycles. The highest BCUT2D eigenvalue weighted by Gasteiger charge is 2.06. The van der Waals surface area contributed by atoms with E-state index in [1.807, 2.05) is 6.92 Å². The number of rotatable bonds is 4. The molecule has 78 valence electrons. The fourth-order valence-corrected chi connectivity index (χ4v) is 1.60. The fraction of sp³-hybridized carbons (Fsp3) is 0.444. The summed E-state index contributed by atoms with van der Waals surface area (Å²) in [5.41, 5.74) is 1.55. The number of nitrogens with zero attached hydrogens (tertiary/aromatic N) is 1. The summed E-state index contributed by atoms with van der Waals surface area (Å²) in [4.78, 5) is 3.95. The monoisotopic (exact) mass is 214 g/mol. The number of sulfonamides is 1. The molecule has 0 aliphatic heterocycles. The van der Waals surface area contributed by atoms with E-state index < -0.39 is 10.0 Å². The van der Waals surface area contributed by atoms with Gasteiger partial charge in [-0.05, 0) is 25.0 Å². The number of hydrogen-bond donors (Lipinski definition) is 1. The van der Waals surface area contributed by atoms with Crippen molar-refractivity contribution >= 4 is 15.7 Å². The summed E-state index contributed by atoms with van der Waals surface area (Å²) in [6.45, 7) is 3.59. The van der Waals surface area contributed by atoms with E-state index in [1.54, 1.807) is 19.2 Å².